The Labute approximate surface area is 170 Å². The summed E-state index contributed by atoms with van der Waals surface area (Å²) in [5.41, 5.74) is 3.27. The highest BCUT2D eigenvalue weighted by Gasteiger charge is 2.34. The van der Waals surface area contributed by atoms with Gasteiger partial charge >= 0.3 is 0 Å². The van der Waals surface area contributed by atoms with Crippen LogP contribution < -0.4 is 9.47 Å². The fourth-order valence-electron chi connectivity index (χ4n) is 3.98. The summed E-state index contributed by atoms with van der Waals surface area (Å²) >= 11 is 0. The standard InChI is InChI=1S/C24H25NO4/c1-4-18-10-11-20(29-18)24(26)25-13-12-17-14-21(27-2)22(28-3)15-19(17)23(25)16-8-6-5-7-9-16/h5-11,14-15,23H,4,12-13H2,1-3H3. The SMILES string of the molecule is CCc1ccc(C(=O)N2CCc3cc(OC)c(OC)cc3C2c2ccccc2)o1. The Hall–Kier alpha value is -3.21. The lowest BCUT2D eigenvalue weighted by molar-refractivity contribution is 0.0659. The number of fused-ring (bicyclic) bond motifs is 1. The van der Waals surface area contributed by atoms with Crippen LogP contribution in [-0.4, -0.2) is 31.6 Å². The molecule has 0 fully saturated rings. The van der Waals surface area contributed by atoms with E-state index in [4.69, 9.17) is 13.9 Å². The summed E-state index contributed by atoms with van der Waals surface area (Å²) in [6.07, 6.45) is 1.50. The van der Waals surface area contributed by atoms with Crippen LogP contribution in [0.3, 0.4) is 0 Å². The third-order valence-corrected chi connectivity index (χ3v) is 5.47. The first-order valence-corrected chi connectivity index (χ1v) is 9.85. The van der Waals surface area contributed by atoms with Crippen molar-refractivity contribution in [1.29, 1.82) is 0 Å². The lowest BCUT2D eigenvalue weighted by Crippen LogP contribution is -2.40. The van der Waals surface area contributed by atoms with Gasteiger partial charge in [-0.1, -0.05) is 37.3 Å². The van der Waals surface area contributed by atoms with Crippen LogP contribution in [0, 0.1) is 0 Å². The molecule has 1 aromatic heterocycles. The number of carbonyl (C=O) groups excluding carboxylic acids is 1. The van der Waals surface area contributed by atoms with Crippen LogP contribution in [0.1, 0.15) is 46.0 Å². The summed E-state index contributed by atoms with van der Waals surface area (Å²) in [5, 5.41) is 0. The molecule has 1 unspecified atom stereocenters. The van der Waals surface area contributed by atoms with Crippen molar-refractivity contribution >= 4 is 5.91 Å². The highest BCUT2D eigenvalue weighted by Crippen LogP contribution is 2.41. The molecule has 2 heterocycles. The van der Waals surface area contributed by atoms with Crippen molar-refractivity contribution in [1.82, 2.24) is 4.90 Å². The number of aryl methyl sites for hydroxylation is 1. The van der Waals surface area contributed by atoms with E-state index < -0.39 is 0 Å². The van der Waals surface area contributed by atoms with Crippen LogP contribution >= 0.6 is 0 Å². The van der Waals surface area contributed by atoms with Crippen molar-refractivity contribution in [2.45, 2.75) is 25.8 Å². The van der Waals surface area contributed by atoms with Gasteiger partial charge in [-0.05, 0) is 47.4 Å². The maximum absolute atomic E-state index is 13.4. The van der Waals surface area contributed by atoms with Crippen LogP contribution in [0.15, 0.2) is 59.0 Å². The molecule has 1 aliphatic heterocycles. The Morgan fingerprint density at radius 1 is 1.07 bits per heavy atom. The molecule has 0 saturated carbocycles. The number of hydrogen-bond acceptors (Lipinski definition) is 4. The smallest absolute Gasteiger partial charge is 0.290 e. The van der Waals surface area contributed by atoms with E-state index >= 15 is 0 Å². The Morgan fingerprint density at radius 2 is 1.79 bits per heavy atom. The largest absolute Gasteiger partial charge is 0.493 e. The summed E-state index contributed by atoms with van der Waals surface area (Å²) in [6, 6.07) is 17.5. The minimum atomic E-state index is -0.220. The molecule has 0 saturated heterocycles. The Bertz CT molecular complexity index is 1010. The highest BCUT2D eigenvalue weighted by atomic mass is 16.5. The molecule has 1 amide bonds. The van der Waals surface area contributed by atoms with Gasteiger partial charge in [0, 0.05) is 13.0 Å². The van der Waals surface area contributed by atoms with E-state index in [-0.39, 0.29) is 11.9 Å². The molecular formula is C24H25NO4. The molecule has 150 valence electrons. The van der Waals surface area contributed by atoms with Crippen LogP contribution in [0.25, 0.3) is 0 Å². The van der Waals surface area contributed by atoms with Gasteiger partial charge in [-0.15, -0.1) is 0 Å². The van der Waals surface area contributed by atoms with Crippen LogP contribution in [0.5, 0.6) is 11.5 Å². The molecule has 29 heavy (non-hydrogen) atoms. The lowest BCUT2D eigenvalue weighted by Gasteiger charge is -2.37. The van der Waals surface area contributed by atoms with Gasteiger partial charge in [0.25, 0.3) is 5.91 Å². The minimum absolute atomic E-state index is 0.0982. The molecule has 0 N–H and O–H groups in total. The molecule has 1 atom stereocenters. The molecule has 5 nitrogen and oxygen atoms in total. The maximum atomic E-state index is 13.4. The zero-order chi connectivity index (χ0) is 20.4. The van der Waals surface area contributed by atoms with Crippen molar-refractivity contribution in [3.63, 3.8) is 0 Å². The number of methoxy groups -OCH3 is 2. The number of amides is 1. The van der Waals surface area contributed by atoms with Gasteiger partial charge in [-0.25, -0.2) is 0 Å². The Balaban J connectivity index is 1.82. The zero-order valence-electron chi connectivity index (χ0n) is 17.0. The number of nitrogens with zero attached hydrogens (tertiary/aromatic N) is 1. The van der Waals surface area contributed by atoms with Gasteiger partial charge in [0.1, 0.15) is 5.76 Å². The first-order valence-electron chi connectivity index (χ1n) is 9.85. The second kappa shape index (κ2) is 8.03. The zero-order valence-corrected chi connectivity index (χ0v) is 17.0. The first-order chi connectivity index (χ1) is 14.2. The molecule has 0 bridgehead atoms. The lowest BCUT2D eigenvalue weighted by atomic mass is 9.87. The molecule has 0 spiro atoms. The third kappa shape index (κ3) is 3.48. The van der Waals surface area contributed by atoms with Crippen LogP contribution in [0.4, 0.5) is 0 Å². The first kappa shape index (κ1) is 19.1. The quantitative estimate of drug-likeness (QED) is 0.635. The van der Waals surface area contributed by atoms with Crippen molar-refractivity contribution < 1.29 is 18.7 Å². The van der Waals surface area contributed by atoms with E-state index in [1.807, 2.05) is 48.2 Å². The van der Waals surface area contributed by atoms with Gasteiger partial charge < -0.3 is 18.8 Å². The molecule has 1 aliphatic rings. The second-order valence-electron chi connectivity index (χ2n) is 7.09. The fraction of sp³-hybridized carbons (Fsp3) is 0.292. The monoisotopic (exact) mass is 391 g/mol. The second-order valence-corrected chi connectivity index (χ2v) is 7.09. The number of ether oxygens (including phenoxy) is 2. The molecule has 5 heteroatoms. The summed E-state index contributed by atoms with van der Waals surface area (Å²) < 4.78 is 16.8. The molecule has 0 radical (unpaired) electrons. The Kier molecular flexibility index (Phi) is 5.30. The van der Waals surface area contributed by atoms with E-state index in [0.29, 0.717) is 23.8 Å². The van der Waals surface area contributed by atoms with Crippen molar-refractivity contribution in [2.24, 2.45) is 0 Å². The van der Waals surface area contributed by atoms with Crippen molar-refractivity contribution in [2.75, 3.05) is 20.8 Å². The topological polar surface area (TPSA) is 51.9 Å². The number of hydrogen-bond donors (Lipinski definition) is 0. The number of rotatable bonds is 5. The normalized spacial score (nSPS) is 15.7. The fourth-order valence-corrected chi connectivity index (χ4v) is 3.98. The molecule has 4 rings (SSSR count). The van der Waals surface area contributed by atoms with Crippen molar-refractivity contribution in [3.05, 3.63) is 82.8 Å². The summed E-state index contributed by atoms with van der Waals surface area (Å²) in [4.78, 5) is 15.3. The van der Waals surface area contributed by atoms with Gasteiger partial charge in [0.05, 0.1) is 20.3 Å². The Morgan fingerprint density at radius 3 is 2.45 bits per heavy atom. The molecule has 3 aromatic rings. The van der Waals surface area contributed by atoms with Gasteiger partial charge in [0.2, 0.25) is 0 Å². The van der Waals surface area contributed by atoms with E-state index in [9.17, 15) is 4.79 Å². The summed E-state index contributed by atoms with van der Waals surface area (Å²) in [7, 11) is 3.27. The van der Waals surface area contributed by atoms with Gasteiger partial charge in [-0.3, -0.25) is 4.79 Å². The highest BCUT2D eigenvalue weighted by molar-refractivity contribution is 5.92. The molecule has 2 aromatic carbocycles. The molecule has 0 aliphatic carbocycles. The number of benzene rings is 2. The van der Waals surface area contributed by atoms with E-state index in [1.54, 1.807) is 20.3 Å². The van der Waals surface area contributed by atoms with Gasteiger partial charge in [-0.2, -0.15) is 0 Å². The van der Waals surface area contributed by atoms with E-state index in [1.165, 1.54) is 0 Å². The summed E-state index contributed by atoms with van der Waals surface area (Å²) in [5.74, 6) is 2.46. The average molecular weight is 391 g/mol. The number of carbonyl (C=O) groups is 1. The maximum Gasteiger partial charge on any atom is 0.290 e. The predicted octanol–water partition coefficient (Wildman–Crippen LogP) is 4.65. The van der Waals surface area contributed by atoms with E-state index in [2.05, 4.69) is 12.1 Å². The molecular weight excluding hydrogens is 366 g/mol. The van der Waals surface area contributed by atoms with Crippen LogP contribution in [-0.2, 0) is 12.8 Å². The van der Waals surface area contributed by atoms with E-state index in [0.717, 1.165) is 35.3 Å². The number of furan rings is 1. The van der Waals surface area contributed by atoms with Crippen molar-refractivity contribution in [3.8, 4) is 11.5 Å². The summed E-state index contributed by atoms with van der Waals surface area (Å²) in [6.45, 7) is 2.61. The van der Waals surface area contributed by atoms with Gasteiger partial charge in [0.15, 0.2) is 17.3 Å². The minimum Gasteiger partial charge on any atom is -0.493 e. The van der Waals surface area contributed by atoms with Crippen LogP contribution in [0.2, 0.25) is 0 Å². The predicted molar refractivity (Wildman–Crippen MR) is 111 cm³/mol. The average Bonchev–Trinajstić information content (AvgIpc) is 3.26. The third-order valence-electron chi connectivity index (χ3n) is 5.47.